The van der Waals surface area contributed by atoms with Crippen LogP contribution < -0.4 is 5.73 Å². The van der Waals surface area contributed by atoms with E-state index in [0.29, 0.717) is 0 Å². The maximum absolute atomic E-state index is 10.3. The first-order chi connectivity index (χ1) is 3.55. The number of carbonyl (C=O) groups is 1. The number of primary amides is 1. The molecule has 0 fully saturated rings. The average molecular weight is 133 g/mol. The molecule has 0 aliphatic carbocycles. The number of amides is 1. The fraction of sp³-hybridized carbons (Fsp3) is 0.800. The van der Waals surface area contributed by atoms with E-state index < -0.39 is 0 Å². The molecule has 0 aromatic heterocycles. The number of nitrogens with two attached hydrogens (primary N) is 1. The Morgan fingerprint density at radius 2 is 2.00 bits per heavy atom. The van der Waals surface area contributed by atoms with Crippen LogP contribution in [0.2, 0.25) is 0 Å². The van der Waals surface area contributed by atoms with Crippen molar-refractivity contribution >= 4 is 18.5 Å². The first-order valence-electron chi connectivity index (χ1n) is 2.53. The molecule has 2 atom stereocenters. The summed E-state index contributed by atoms with van der Waals surface area (Å²) in [5.41, 5.74) is 4.95. The summed E-state index contributed by atoms with van der Waals surface area (Å²) in [6.07, 6.45) is 0. The van der Waals surface area contributed by atoms with E-state index >= 15 is 0 Å². The molecule has 0 rings (SSSR count). The third-order valence-electron chi connectivity index (χ3n) is 1.17. The van der Waals surface area contributed by atoms with Crippen molar-refractivity contribution in [2.75, 3.05) is 0 Å². The molecule has 0 radical (unpaired) electrons. The van der Waals surface area contributed by atoms with Crippen LogP contribution in [-0.2, 0) is 4.79 Å². The molecular formula is C5H11NOS. The van der Waals surface area contributed by atoms with Gasteiger partial charge in [-0.3, -0.25) is 4.79 Å². The molecule has 0 aliphatic heterocycles. The summed E-state index contributed by atoms with van der Waals surface area (Å²) < 4.78 is 0. The Kier molecular flexibility index (Phi) is 2.90. The minimum absolute atomic E-state index is 0.0625. The maximum Gasteiger partial charge on any atom is 0.221 e. The van der Waals surface area contributed by atoms with Gasteiger partial charge in [0.05, 0.1) is 0 Å². The molecule has 8 heavy (non-hydrogen) atoms. The average Bonchev–Trinajstić information content (AvgIpc) is 1.64. The van der Waals surface area contributed by atoms with Crippen molar-refractivity contribution < 1.29 is 4.79 Å². The molecule has 1 amide bonds. The molecule has 1 unspecified atom stereocenters. The van der Waals surface area contributed by atoms with Crippen LogP contribution in [0.4, 0.5) is 0 Å². The van der Waals surface area contributed by atoms with Crippen molar-refractivity contribution in [1.82, 2.24) is 0 Å². The van der Waals surface area contributed by atoms with Crippen molar-refractivity contribution in [2.45, 2.75) is 19.1 Å². The van der Waals surface area contributed by atoms with Crippen LogP contribution in [-0.4, -0.2) is 11.2 Å². The number of rotatable bonds is 2. The zero-order valence-electron chi connectivity index (χ0n) is 5.09. The van der Waals surface area contributed by atoms with Crippen LogP contribution in [0, 0.1) is 5.92 Å². The van der Waals surface area contributed by atoms with Gasteiger partial charge in [-0.2, -0.15) is 12.6 Å². The van der Waals surface area contributed by atoms with Gasteiger partial charge in [-0.25, -0.2) is 0 Å². The molecule has 0 aromatic carbocycles. The lowest BCUT2D eigenvalue weighted by Crippen LogP contribution is -2.26. The van der Waals surface area contributed by atoms with Gasteiger partial charge in [0.15, 0.2) is 0 Å². The molecule has 2 nitrogen and oxygen atoms in total. The lowest BCUT2D eigenvalue weighted by atomic mass is 10.1. The van der Waals surface area contributed by atoms with E-state index in [1.165, 1.54) is 0 Å². The van der Waals surface area contributed by atoms with Crippen molar-refractivity contribution in [3.8, 4) is 0 Å². The summed E-state index contributed by atoms with van der Waals surface area (Å²) in [5.74, 6) is -0.411. The Labute approximate surface area is 54.9 Å². The van der Waals surface area contributed by atoms with E-state index in [1.54, 1.807) is 6.92 Å². The number of hydrogen-bond acceptors (Lipinski definition) is 2. The molecule has 0 spiro atoms. The van der Waals surface area contributed by atoms with E-state index in [-0.39, 0.29) is 17.1 Å². The monoisotopic (exact) mass is 133 g/mol. The summed E-state index contributed by atoms with van der Waals surface area (Å²) in [6, 6.07) is 0. The highest BCUT2D eigenvalue weighted by atomic mass is 32.1. The highest BCUT2D eigenvalue weighted by Crippen LogP contribution is 2.06. The second-order valence-electron chi connectivity index (χ2n) is 1.93. The minimum atomic E-state index is -0.285. The van der Waals surface area contributed by atoms with Crippen molar-refractivity contribution in [1.29, 1.82) is 0 Å². The maximum atomic E-state index is 10.3. The van der Waals surface area contributed by atoms with Gasteiger partial charge in [0.1, 0.15) is 0 Å². The van der Waals surface area contributed by atoms with Gasteiger partial charge < -0.3 is 5.73 Å². The smallest absolute Gasteiger partial charge is 0.221 e. The van der Waals surface area contributed by atoms with E-state index in [4.69, 9.17) is 5.73 Å². The normalized spacial score (nSPS) is 17.4. The highest BCUT2D eigenvalue weighted by Gasteiger charge is 2.12. The second kappa shape index (κ2) is 2.97. The Morgan fingerprint density at radius 1 is 1.62 bits per heavy atom. The third kappa shape index (κ3) is 2.21. The van der Waals surface area contributed by atoms with Gasteiger partial charge in [0, 0.05) is 11.2 Å². The molecule has 0 heterocycles. The van der Waals surface area contributed by atoms with Gasteiger partial charge in [0.25, 0.3) is 0 Å². The predicted molar refractivity (Wildman–Crippen MR) is 36.8 cm³/mol. The fourth-order valence-electron chi connectivity index (χ4n) is 0.238. The van der Waals surface area contributed by atoms with Gasteiger partial charge in [-0.05, 0) is 0 Å². The van der Waals surface area contributed by atoms with Crippen molar-refractivity contribution in [2.24, 2.45) is 11.7 Å². The lowest BCUT2D eigenvalue weighted by Gasteiger charge is -2.08. The largest absolute Gasteiger partial charge is 0.369 e. The van der Waals surface area contributed by atoms with Crippen molar-refractivity contribution in [3.05, 3.63) is 0 Å². The number of thiol groups is 1. The SMILES string of the molecule is CC(S)[C@H](C)C(N)=O. The number of hydrogen-bond donors (Lipinski definition) is 2. The minimum Gasteiger partial charge on any atom is -0.369 e. The lowest BCUT2D eigenvalue weighted by molar-refractivity contribution is -0.121. The zero-order chi connectivity index (χ0) is 6.73. The Morgan fingerprint density at radius 3 is 2.00 bits per heavy atom. The second-order valence-corrected chi connectivity index (χ2v) is 2.75. The molecule has 2 N–H and O–H groups in total. The first-order valence-corrected chi connectivity index (χ1v) is 3.04. The molecule has 0 saturated carbocycles. The van der Waals surface area contributed by atoms with Gasteiger partial charge in [0.2, 0.25) is 5.91 Å². The summed E-state index contributed by atoms with van der Waals surface area (Å²) >= 11 is 4.03. The zero-order valence-corrected chi connectivity index (χ0v) is 5.98. The molecule has 0 aromatic rings. The fourth-order valence-corrected chi connectivity index (χ4v) is 0.385. The Balaban J connectivity index is 3.64. The van der Waals surface area contributed by atoms with Crippen LogP contribution in [0.1, 0.15) is 13.8 Å². The quantitative estimate of drug-likeness (QED) is 0.527. The van der Waals surface area contributed by atoms with E-state index in [9.17, 15) is 4.79 Å². The predicted octanol–water partition coefficient (Wildman–Crippen LogP) is 0.426. The topological polar surface area (TPSA) is 43.1 Å². The van der Waals surface area contributed by atoms with Gasteiger partial charge >= 0.3 is 0 Å². The molecule has 3 heteroatoms. The van der Waals surface area contributed by atoms with E-state index in [0.717, 1.165) is 0 Å². The molecule has 0 aliphatic rings. The standard InChI is InChI=1S/C5H11NOS/c1-3(4(2)8)5(6)7/h3-4,8H,1-2H3,(H2,6,7)/t3-,4?/m0/s1. The summed E-state index contributed by atoms with van der Waals surface area (Å²) in [6.45, 7) is 3.61. The van der Waals surface area contributed by atoms with Crippen LogP contribution >= 0.6 is 12.6 Å². The highest BCUT2D eigenvalue weighted by molar-refractivity contribution is 7.81. The molecule has 0 bridgehead atoms. The molecular weight excluding hydrogens is 122 g/mol. The van der Waals surface area contributed by atoms with Crippen molar-refractivity contribution in [3.63, 3.8) is 0 Å². The van der Waals surface area contributed by atoms with Crippen LogP contribution in [0.3, 0.4) is 0 Å². The van der Waals surface area contributed by atoms with Gasteiger partial charge in [-0.1, -0.05) is 13.8 Å². The summed E-state index contributed by atoms with van der Waals surface area (Å²) in [5, 5.41) is 0.0625. The van der Waals surface area contributed by atoms with Crippen LogP contribution in [0.25, 0.3) is 0 Å². The van der Waals surface area contributed by atoms with E-state index in [1.807, 2.05) is 6.92 Å². The number of carbonyl (C=O) groups excluding carboxylic acids is 1. The summed E-state index contributed by atoms with van der Waals surface area (Å²) in [4.78, 5) is 10.3. The summed E-state index contributed by atoms with van der Waals surface area (Å²) in [7, 11) is 0. The Hall–Kier alpha value is -0.180. The Bertz CT molecular complexity index is 92.4. The molecule has 48 valence electrons. The van der Waals surface area contributed by atoms with Crippen LogP contribution in [0.5, 0.6) is 0 Å². The molecule has 0 saturated heterocycles. The van der Waals surface area contributed by atoms with E-state index in [2.05, 4.69) is 12.6 Å². The first kappa shape index (κ1) is 7.82. The third-order valence-corrected chi connectivity index (χ3v) is 1.62. The van der Waals surface area contributed by atoms with Crippen LogP contribution in [0.15, 0.2) is 0 Å². The van der Waals surface area contributed by atoms with Gasteiger partial charge in [-0.15, -0.1) is 0 Å².